The molecule has 24 heavy (non-hydrogen) atoms. The van der Waals surface area contributed by atoms with E-state index in [0.29, 0.717) is 0 Å². The zero-order valence-electron chi connectivity index (χ0n) is 14.1. The maximum atomic E-state index is 6.10. The Morgan fingerprint density at radius 3 is 2.12 bits per heavy atom. The van der Waals surface area contributed by atoms with Crippen LogP contribution in [0.25, 0.3) is 43.5 Å². The van der Waals surface area contributed by atoms with Gasteiger partial charge in [0.2, 0.25) is 0 Å². The molecule has 2 heteroatoms. The van der Waals surface area contributed by atoms with Crippen LogP contribution in [0.1, 0.15) is 26.3 Å². The van der Waals surface area contributed by atoms with Crippen molar-refractivity contribution in [3.63, 3.8) is 0 Å². The SMILES string of the molecule is CC(C)(C)c1coc2c3[nH]c4ccccc4c3c3ccccc3c12. The van der Waals surface area contributed by atoms with Crippen molar-refractivity contribution >= 4 is 43.5 Å². The molecule has 2 aromatic heterocycles. The predicted octanol–water partition coefficient (Wildman–Crippen LogP) is 6.52. The summed E-state index contributed by atoms with van der Waals surface area (Å²) in [5.74, 6) is 0. The fraction of sp³-hybridized carbons (Fsp3) is 0.182. The van der Waals surface area contributed by atoms with Crippen LogP contribution in [0, 0.1) is 0 Å². The van der Waals surface area contributed by atoms with Gasteiger partial charge in [-0.25, -0.2) is 0 Å². The van der Waals surface area contributed by atoms with Crippen molar-refractivity contribution in [2.75, 3.05) is 0 Å². The van der Waals surface area contributed by atoms with Gasteiger partial charge in [-0.1, -0.05) is 63.2 Å². The zero-order valence-corrected chi connectivity index (χ0v) is 14.1. The smallest absolute Gasteiger partial charge is 0.158 e. The number of hydrogen-bond donors (Lipinski definition) is 1. The molecule has 0 unspecified atom stereocenters. The first-order valence-electron chi connectivity index (χ1n) is 8.38. The molecule has 2 nitrogen and oxygen atoms in total. The molecule has 0 aliphatic heterocycles. The second-order valence-corrected chi connectivity index (χ2v) is 7.57. The molecule has 5 rings (SSSR count). The van der Waals surface area contributed by atoms with Crippen LogP contribution in [0.2, 0.25) is 0 Å². The highest BCUT2D eigenvalue weighted by molar-refractivity contribution is 6.30. The normalized spacial score (nSPS) is 12.8. The maximum absolute atomic E-state index is 6.10. The topological polar surface area (TPSA) is 28.9 Å². The fourth-order valence-electron chi connectivity index (χ4n) is 3.87. The molecular formula is C22H19NO. The molecule has 0 radical (unpaired) electrons. The van der Waals surface area contributed by atoms with Crippen molar-refractivity contribution in [1.29, 1.82) is 0 Å². The van der Waals surface area contributed by atoms with Crippen LogP contribution in [0.15, 0.2) is 59.2 Å². The minimum Gasteiger partial charge on any atom is -0.462 e. The molecule has 0 spiro atoms. The summed E-state index contributed by atoms with van der Waals surface area (Å²) in [6.07, 6.45) is 1.93. The highest BCUT2D eigenvalue weighted by atomic mass is 16.3. The van der Waals surface area contributed by atoms with E-state index in [0.717, 1.165) is 16.6 Å². The van der Waals surface area contributed by atoms with Gasteiger partial charge in [-0.15, -0.1) is 0 Å². The lowest BCUT2D eigenvalue weighted by molar-refractivity contribution is 0.558. The Hall–Kier alpha value is -2.74. The summed E-state index contributed by atoms with van der Waals surface area (Å²) in [5.41, 5.74) is 4.51. The number of rotatable bonds is 0. The Morgan fingerprint density at radius 1 is 0.792 bits per heavy atom. The molecule has 0 fully saturated rings. The first kappa shape index (κ1) is 13.7. The number of furan rings is 1. The summed E-state index contributed by atoms with van der Waals surface area (Å²) in [6, 6.07) is 17.1. The third kappa shape index (κ3) is 1.66. The maximum Gasteiger partial charge on any atom is 0.158 e. The average molecular weight is 313 g/mol. The molecule has 0 atom stereocenters. The molecular weight excluding hydrogens is 294 g/mol. The molecule has 1 N–H and O–H groups in total. The summed E-state index contributed by atoms with van der Waals surface area (Å²) >= 11 is 0. The van der Waals surface area contributed by atoms with E-state index in [1.807, 2.05) is 6.26 Å². The number of hydrogen-bond acceptors (Lipinski definition) is 1. The lowest BCUT2D eigenvalue weighted by atomic mass is 9.85. The molecule has 0 saturated heterocycles. The zero-order chi connectivity index (χ0) is 16.5. The van der Waals surface area contributed by atoms with E-state index in [2.05, 4.69) is 74.3 Å². The van der Waals surface area contributed by atoms with Crippen LogP contribution in [0.4, 0.5) is 0 Å². The van der Waals surface area contributed by atoms with Crippen molar-refractivity contribution in [3.8, 4) is 0 Å². The van der Waals surface area contributed by atoms with Crippen molar-refractivity contribution in [2.24, 2.45) is 0 Å². The molecule has 118 valence electrons. The van der Waals surface area contributed by atoms with Gasteiger partial charge in [0.25, 0.3) is 0 Å². The Kier molecular flexibility index (Phi) is 2.52. The van der Waals surface area contributed by atoms with Gasteiger partial charge >= 0.3 is 0 Å². The Bertz CT molecular complexity index is 1230. The average Bonchev–Trinajstić information content (AvgIpc) is 3.16. The number of H-pyrrole nitrogens is 1. The standard InChI is InChI=1S/C22H19NO/c1-22(2,3)16-12-24-21-19(16)14-9-5-4-8-13(14)18-15-10-6-7-11-17(15)23-20(18)21/h4-12,23H,1-3H3. The summed E-state index contributed by atoms with van der Waals surface area (Å²) in [6.45, 7) is 6.71. The Morgan fingerprint density at radius 2 is 1.42 bits per heavy atom. The van der Waals surface area contributed by atoms with E-state index < -0.39 is 0 Å². The van der Waals surface area contributed by atoms with Gasteiger partial charge in [0.05, 0.1) is 11.8 Å². The first-order valence-corrected chi connectivity index (χ1v) is 8.38. The van der Waals surface area contributed by atoms with Crippen molar-refractivity contribution < 1.29 is 4.42 Å². The molecule has 3 aromatic carbocycles. The van der Waals surface area contributed by atoms with Gasteiger partial charge in [0.15, 0.2) is 5.58 Å². The van der Waals surface area contributed by atoms with Crippen molar-refractivity contribution in [3.05, 3.63) is 60.4 Å². The predicted molar refractivity (Wildman–Crippen MR) is 102 cm³/mol. The van der Waals surface area contributed by atoms with Gasteiger partial charge < -0.3 is 9.40 Å². The van der Waals surface area contributed by atoms with Crippen LogP contribution >= 0.6 is 0 Å². The summed E-state index contributed by atoms with van der Waals surface area (Å²) in [5, 5.41) is 6.28. The van der Waals surface area contributed by atoms with Crippen LogP contribution in [0.5, 0.6) is 0 Å². The fourth-order valence-corrected chi connectivity index (χ4v) is 3.87. The van der Waals surface area contributed by atoms with Crippen molar-refractivity contribution in [1.82, 2.24) is 4.98 Å². The van der Waals surface area contributed by atoms with Gasteiger partial charge in [-0.2, -0.15) is 0 Å². The lowest BCUT2D eigenvalue weighted by Crippen LogP contribution is -2.09. The molecule has 0 bridgehead atoms. The molecule has 0 aliphatic rings. The van der Waals surface area contributed by atoms with Crippen LogP contribution < -0.4 is 0 Å². The van der Waals surface area contributed by atoms with Gasteiger partial charge in [0, 0.05) is 27.2 Å². The minimum absolute atomic E-state index is 0.0354. The second-order valence-electron chi connectivity index (χ2n) is 7.57. The number of aromatic nitrogens is 1. The summed E-state index contributed by atoms with van der Waals surface area (Å²) in [7, 11) is 0. The monoisotopic (exact) mass is 313 g/mol. The van der Waals surface area contributed by atoms with E-state index in [1.165, 1.54) is 32.5 Å². The van der Waals surface area contributed by atoms with E-state index in [1.54, 1.807) is 0 Å². The quantitative estimate of drug-likeness (QED) is 0.346. The van der Waals surface area contributed by atoms with E-state index in [9.17, 15) is 0 Å². The number of aromatic amines is 1. The molecule has 2 heterocycles. The van der Waals surface area contributed by atoms with Crippen LogP contribution in [-0.4, -0.2) is 4.98 Å². The third-order valence-corrected chi connectivity index (χ3v) is 5.00. The van der Waals surface area contributed by atoms with Crippen LogP contribution in [0.3, 0.4) is 0 Å². The van der Waals surface area contributed by atoms with E-state index in [-0.39, 0.29) is 5.41 Å². The van der Waals surface area contributed by atoms with Gasteiger partial charge in [-0.3, -0.25) is 0 Å². The molecule has 0 amide bonds. The van der Waals surface area contributed by atoms with Gasteiger partial charge in [-0.05, 0) is 22.3 Å². The highest BCUT2D eigenvalue weighted by Crippen LogP contribution is 2.43. The molecule has 0 saturated carbocycles. The van der Waals surface area contributed by atoms with Gasteiger partial charge in [0.1, 0.15) is 0 Å². The van der Waals surface area contributed by atoms with E-state index in [4.69, 9.17) is 4.42 Å². The van der Waals surface area contributed by atoms with Crippen LogP contribution in [-0.2, 0) is 5.41 Å². The molecule has 0 aliphatic carbocycles. The summed E-state index contributed by atoms with van der Waals surface area (Å²) in [4.78, 5) is 3.58. The largest absolute Gasteiger partial charge is 0.462 e. The Balaban J connectivity index is 2.15. The number of fused-ring (bicyclic) bond motifs is 8. The first-order chi connectivity index (χ1) is 11.6. The number of para-hydroxylation sites is 1. The summed E-state index contributed by atoms with van der Waals surface area (Å²) < 4.78 is 6.10. The third-order valence-electron chi connectivity index (χ3n) is 5.00. The minimum atomic E-state index is 0.0354. The number of benzene rings is 3. The van der Waals surface area contributed by atoms with Crippen molar-refractivity contribution in [2.45, 2.75) is 26.2 Å². The Labute approximate surface area is 140 Å². The highest BCUT2D eigenvalue weighted by Gasteiger charge is 2.24. The number of nitrogens with one attached hydrogen (secondary N) is 1. The second kappa shape index (κ2) is 4.41. The van der Waals surface area contributed by atoms with E-state index >= 15 is 0 Å². The molecule has 5 aromatic rings. The lowest BCUT2D eigenvalue weighted by Gasteiger charge is -2.17.